The molecule has 0 spiro atoms. The molecule has 0 heterocycles. The average molecular weight is 269 g/mol. The minimum Gasteiger partial charge on any atom is -0.481 e. The lowest BCUT2D eigenvalue weighted by atomic mass is 9.66. The van der Waals surface area contributed by atoms with E-state index in [4.69, 9.17) is 9.84 Å². The molecule has 2 rings (SSSR count). The molecule has 2 unspecified atom stereocenters. The highest BCUT2D eigenvalue weighted by Crippen LogP contribution is 2.44. The lowest BCUT2D eigenvalue weighted by Crippen LogP contribution is -2.43. The van der Waals surface area contributed by atoms with Crippen LogP contribution in [0.15, 0.2) is 0 Å². The molecule has 0 aromatic carbocycles. The van der Waals surface area contributed by atoms with Gasteiger partial charge in [-0.1, -0.05) is 6.42 Å². The standard InChI is InChI=1S/C14H23NO4/c1-2-19-7-6-14(4-3-5-14)9-15-12(16)10-8-11(10)13(17)18/h10-11H,2-9H2,1H3,(H,15,16)(H,17,18). The van der Waals surface area contributed by atoms with Crippen LogP contribution in [-0.2, 0) is 14.3 Å². The molecule has 5 nitrogen and oxygen atoms in total. The normalized spacial score (nSPS) is 27.4. The van der Waals surface area contributed by atoms with E-state index in [1.54, 1.807) is 0 Å². The van der Waals surface area contributed by atoms with Gasteiger partial charge in [0, 0.05) is 19.8 Å². The summed E-state index contributed by atoms with van der Waals surface area (Å²) in [5.41, 5.74) is 0.193. The first-order valence-corrected chi connectivity index (χ1v) is 7.16. The zero-order chi connectivity index (χ0) is 13.9. The van der Waals surface area contributed by atoms with E-state index < -0.39 is 11.9 Å². The van der Waals surface area contributed by atoms with Crippen molar-refractivity contribution >= 4 is 11.9 Å². The van der Waals surface area contributed by atoms with Gasteiger partial charge in [-0.05, 0) is 38.0 Å². The van der Waals surface area contributed by atoms with Crippen molar-refractivity contribution in [2.45, 2.75) is 39.0 Å². The number of amides is 1. The van der Waals surface area contributed by atoms with Crippen molar-refractivity contribution < 1.29 is 19.4 Å². The molecular formula is C14H23NO4. The van der Waals surface area contributed by atoms with Gasteiger partial charge < -0.3 is 15.2 Å². The van der Waals surface area contributed by atoms with E-state index in [0.717, 1.165) is 32.5 Å². The van der Waals surface area contributed by atoms with E-state index in [1.807, 2.05) is 6.92 Å². The lowest BCUT2D eigenvalue weighted by Gasteiger charge is -2.42. The second-order valence-corrected chi connectivity index (χ2v) is 5.81. The number of hydrogen-bond donors (Lipinski definition) is 2. The molecule has 0 radical (unpaired) electrons. The van der Waals surface area contributed by atoms with E-state index in [9.17, 15) is 9.59 Å². The van der Waals surface area contributed by atoms with E-state index in [1.165, 1.54) is 6.42 Å². The topological polar surface area (TPSA) is 75.6 Å². The first kappa shape index (κ1) is 14.3. The lowest BCUT2D eigenvalue weighted by molar-refractivity contribution is -0.140. The zero-order valence-electron chi connectivity index (χ0n) is 11.5. The van der Waals surface area contributed by atoms with Gasteiger partial charge in [-0.25, -0.2) is 0 Å². The summed E-state index contributed by atoms with van der Waals surface area (Å²) in [6.07, 6.45) is 4.95. The Kier molecular flexibility index (Phi) is 4.45. The van der Waals surface area contributed by atoms with Crippen LogP contribution >= 0.6 is 0 Å². The summed E-state index contributed by atoms with van der Waals surface area (Å²) >= 11 is 0. The molecule has 2 aliphatic carbocycles. The van der Waals surface area contributed by atoms with E-state index >= 15 is 0 Å². The zero-order valence-corrected chi connectivity index (χ0v) is 11.5. The second-order valence-electron chi connectivity index (χ2n) is 5.81. The van der Waals surface area contributed by atoms with Gasteiger partial charge in [-0.3, -0.25) is 9.59 Å². The van der Waals surface area contributed by atoms with Crippen LogP contribution in [0, 0.1) is 17.3 Å². The summed E-state index contributed by atoms with van der Waals surface area (Å²) in [7, 11) is 0. The third kappa shape index (κ3) is 3.47. The Bertz CT molecular complexity index is 351. The predicted molar refractivity (Wildman–Crippen MR) is 69.6 cm³/mol. The molecule has 0 bridgehead atoms. The fourth-order valence-electron chi connectivity index (χ4n) is 2.79. The van der Waals surface area contributed by atoms with Crippen LogP contribution in [0.1, 0.15) is 39.0 Å². The van der Waals surface area contributed by atoms with Crippen LogP contribution in [-0.4, -0.2) is 36.7 Å². The van der Waals surface area contributed by atoms with E-state index in [2.05, 4.69) is 5.32 Å². The van der Waals surface area contributed by atoms with Crippen molar-refractivity contribution in [2.24, 2.45) is 17.3 Å². The van der Waals surface area contributed by atoms with Crippen LogP contribution < -0.4 is 5.32 Å². The van der Waals surface area contributed by atoms with Gasteiger partial charge in [0.2, 0.25) is 5.91 Å². The Balaban J connectivity index is 1.71. The highest BCUT2D eigenvalue weighted by Gasteiger charge is 2.48. The van der Waals surface area contributed by atoms with Crippen LogP contribution in [0.5, 0.6) is 0 Å². The maximum atomic E-state index is 11.8. The van der Waals surface area contributed by atoms with Crippen molar-refractivity contribution in [3.05, 3.63) is 0 Å². The molecule has 0 aromatic rings. The fourth-order valence-corrected chi connectivity index (χ4v) is 2.79. The largest absolute Gasteiger partial charge is 0.481 e. The molecule has 2 saturated carbocycles. The molecule has 2 atom stereocenters. The van der Waals surface area contributed by atoms with Gasteiger partial charge >= 0.3 is 5.97 Å². The molecule has 0 aromatic heterocycles. The van der Waals surface area contributed by atoms with Crippen molar-refractivity contribution in [3.63, 3.8) is 0 Å². The maximum absolute atomic E-state index is 11.8. The van der Waals surface area contributed by atoms with Crippen molar-refractivity contribution in [2.75, 3.05) is 19.8 Å². The minimum atomic E-state index is -0.852. The summed E-state index contributed by atoms with van der Waals surface area (Å²) in [6.45, 7) is 4.12. The number of ether oxygens (including phenoxy) is 1. The van der Waals surface area contributed by atoms with Gasteiger partial charge in [0.25, 0.3) is 0 Å². The smallest absolute Gasteiger partial charge is 0.307 e. The van der Waals surface area contributed by atoms with Crippen LogP contribution in [0.25, 0.3) is 0 Å². The number of carbonyl (C=O) groups excluding carboxylic acids is 1. The Hall–Kier alpha value is -1.10. The van der Waals surface area contributed by atoms with Gasteiger partial charge in [0.1, 0.15) is 0 Å². The van der Waals surface area contributed by atoms with Gasteiger partial charge in [0.15, 0.2) is 0 Å². The molecule has 19 heavy (non-hydrogen) atoms. The van der Waals surface area contributed by atoms with Crippen LogP contribution in [0.2, 0.25) is 0 Å². The van der Waals surface area contributed by atoms with Gasteiger partial charge in [-0.15, -0.1) is 0 Å². The minimum absolute atomic E-state index is 0.0879. The van der Waals surface area contributed by atoms with Crippen molar-refractivity contribution in [1.29, 1.82) is 0 Å². The number of carbonyl (C=O) groups is 2. The number of rotatable bonds is 8. The Labute approximate surface area is 113 Å². The summed E-state index contributed by atoms with van der Waals surface area (Å²) in [5.74, 6) is -1.70. The van der Waals surface area contributed by atoms with Crippen molar-refractivity contribution in [1.82, 2.24) is 5.32 Å². The molecule has 5 heteroatoms. The molecule has 2 N–H and O–H groups in total. The quantitative estimate of drug-likeness (QED) is 0.653. The average Bonchev–Trinajstić information content (AvgIpc) is 3.11. The predicted octanol–water partition coefficient (Wildman–Crippen LogP) is 1.42. The van der Waals surface area contributed by atoms with Gasteiger partial charge in [-0.2, -0.15) is 0 Å². The molecule has 2 fully saturated rings. The number of hydrogen-bond acceptors (Lipinski definition) is 3. The Morgan fingerprint density at radius 2 is 2.11 bits per heavy atom. The molecule has 1 amide bonds. The molecule has 0 saturated heterocycles. The SMILES string of the molecule is CCOCCC1(CNC(=O)C2CC2C(=O)O)CCC1. The first-order chi connectivity index (χ1) is 9.08. The van der Waals surface area contributed by atoms with E-state index in [-0.39, 0.29) is 17.2 Å². The maximum Gasteiger partial charge on any atom is 0.307 e. The third-order valence-corrected chi connectivity index (χ3v) is 4.48. The second kappa shape index (κ2) is 5.90. The summed E-state index contributed by atoms with van der Waals surface area (Å²) in [4.78, 5) is 22.6. The molecule has 2 aliphatic rings. The number of nitrogens with one attached hydrogen (secondary N) is 1. The highest BCUT2D eigenvalue weighted by atomic mass is 16.5. The fraction of sp³-hybridized carbons (Fsp3) is 0.857. The Morgan fingerprint density at radius 1 is 1.37 bits per heavy atom. The summed E-state index contributed by atoms with van der Waals surface area (Å²) < 4.78 is 5.39. The van der Waals surface area contributed by atoms with Crippen LogP contribution in [0.3, 0.4) is 0 Å². The third-order valence-electron chi connectivity index (χ3n) is 4.48. The summed E-state index contributed by atoms with van der Waals surface area (Å²) in [6, 6.07) is 0. The Morgan fingerprint density at radius 3 is 2.58 bits per heavy atom. The highest BCUT2D eigenvalue weighted by molar-refractivity contribution is 5.89. The van der Waals surface area contributed by atoms with Crippen molar-refractivity contribution in [3.8, 4) is 0 Å². The summed E-state index contributed by atoms with van der Waals surface area (Å²) in [5, 5.41) is 11.7. The molecule has 0 aliphatic heterocycles. The number of carboxylic acids is 1. The first-order valence-electron chi connectivity index (χ1n) is 7.16. The number of carboxylic acid groups (broad SMARTS) is 1. The molecule has 108 valence electrons. The molecular weight excluding hydrogens is 246 g/mol. The van der Waals surface area contributed by atoms with E-state index in [0.29, 0.717) is 13.0 Å². The number of aliphatic carboxylic acids is 1. The van der Waals surface area contributed by atoms with Crippen LogP contribution in [0.4, 0.5) is 0 Å². The monoisotopic (exact) mass is 269 g/mol. The van der Waals surface area contributed by atoms with Gasteiger partial charge in [0.05, 0.1) is 11.8 Å².